The minimum atomic E-state index is -6.27. The molecule has 0 heterocycles. The van der Waals surface area contributed by atoms with Crippen LogP contribution in [0.1, 0.15) is 33.6 Å². The van der Waals surface area contributed by atoms with Gasteiger partial charge in [0.15, 0.2) is 5.60 Å². The molecule has 0 aromatic heterocycles. The smallest absolute Gasteiger partial charge is 0.406 e. The van der Waals surface area contributed by atoms with Gasteiger partial charge < -0.3 is 4.74 Å². The van der Waals surface area contributed by atoms with E-state index in [0.29, 0.717) is 0 Å². The van der Waals surface area contributed by atoms with E-state index in [1.165, 1.54) is 0 Å². The van der Waals surface area contributed by atoms with Crippen molar-refractivity contribution in [1.82, 2.24) is 0 Å². The lowest BCUT2D eigenvalue weighted by atomic mass is 9.80. The van der Waals surface area contributed by atoms with E-state index >= 15 is 0 Å². The summed E-state index contributed by atoms with van der Waals surface area (Å²) in [7, 11) is 0. The van der Waals surface area contributed by atoms with Crippen molar-refractivity contribution in [3.8, 4) is 0 Å². The zero-order chi connectivity index (χ0) is 18.9. The molecular weight excluding hydrogens is 340 g/mol. The molecule has 0 spiro atoms. The molecule has 23 heavy (non-hydrogen) atoms. The van der Waals surface area contributed by atoms with Crippen LogP contribution in [0.15, 0.2) is 12.2 Å². The molecule has 10 heteroatoms. The molecule has 0 aliphatic carbocycles. The Kier molecular flexibility index (Phi) is 6.25. The Morgan fingerprint density at radius 1 is 0.957 bits per heavy atom. The first-order valence-corrected chi connectivity index (χ1v) is 6.47. The molecule has 0 saturated heterocycles. The van der Waals surface area contributed by atoms with Gasteiger partial charge in [-0.25, -0.2) is 13.6 Å². The summed E-state index contributed by atoms with van der Waals surface area (Å²) in [6.45, 7) is 5.92. The molecule has 0 aromatic carbocycles. The SMILES string of the molecule is C=C(C)C(=O)OC(CC)(CC)C(F)(F)C(C(F)(F)F)C(F)(F)F. The first-order valence-electron chi connectivity index (χ1n) is 6.47. The second kappa shape index (κ2) is 6.64. The molecule has 2 nitrogen and oxygen atoms in total. The van der Waals surface area contributed by atoms with Gasteiger partial charge in [0.05, 0.1) is 0 Å². The summed E-state index contributed by atoms with van der Waals surface area (Å²) in [5.41, 5.74) is -3.69. The van der Waals surface area contributed by atoms with Crippen molar-refractivity contribution in [3.63, 3.8) is 0 Å². The Labute approximate surface area is 127 Å². The Morgan fingerprint density at radius 3 is 1.52 bits per heavy atom. The normalized spacial score (nSPS) is 14.1. The van der Waals surface area contributed by atoms with E-state index in [-0.39, 0.29) is 0 Å². The van der Waals surface area contributed by atoms with E-state index in [2.05, 4.69) is 11.3 Å². The highest BCUT2D eigenvalue weighted by atomic mass is 19.4. The molecule has 0 radical (unpaired) electrons. The number of carbonyl (C=O) groups excluding carboxylic acids is 1. The van der Waals surface area contributed by atoms with Crippen LogP contribution in [0, 0.1) is 5.92 Å². The molecule has 0 atom stereocenters. The fourth-order valence-corrected chi connectivity index (χ4v) is 2.06. The molecule has 136 valence electrons. The van der Waals surface area contributed by atoms with Crippen LogP contribution in [0.2, 0.25) is 0 Å². The summed E-state index contributed by atoms with van der Waals surface area (Å²) in [4.78, 5) is 11.4. The van der Waals surface area contributed by atoms with Gasteiger partial charge in [-0.15, -0.1) is 0 Å². The second-order valence-corrected chi connectivity index (χ2v) is 5.01. The second-order valence-electron chi connectivity index (χ2n) is 5.01. The van der Waals surface area contributed by atoms with Crippen molar-refractivity contribution in [2.45, 2.75) is 57.5 Å². The molecule has 0 rings (SSSR count). The third-order valence-electron chi connectivity index (χ3n) is 3.40. The number of esters is 1. The number of carbonyl (C=O) groups is 1. The Hall–Kier alpha value is -1.35. The highest BCUT2D eigenvalue weighted by Gasteiger charge is 2.75. The number of halogens is 8. The zero-order valence-electron chi connectivity index (χ0n) is 12.5. The monoisotopic (exact) mass is 356 g/mol. The zero-order valence-corrected chi connectivity index (χ0v) is 12.5. The van der Waals surface area contributed by atoms with E-state index in [1.807, 2.05) is 0 Å². The fourth-order valence-electron chi connectivity index (χ4n) is 2.06. The number of rotatable bonds is 6. The Balaban J connectivity index is 6.20. The van der Waals surface area contributed by atoms with Gasteiger partial charge >= 0.3 is 24.2 Å². The molecule has 0 fully saturated rings. The van der Waals surface area contributed by atoms with Gasteiger partial charge in [0, 0.05) is 5.57 Å². The van der Waals surface area contributed by atoms with E-state index in [9.17, 15) is 39.9 Å². The third kappa shape index (κ3) is 4.35. The molecule has 0 N–H and O–H groups in total. The minimum Gasteiger partial charge on any atom is -0.449 e. The molecule has 0 unspecified atom stereocenters. The van der Waals surface area contributed by atoms with Gasteiger partial charge in [0.2, 0.25) is 5.92 Å². The number of alkyl halides is 8. The maximum atomic E-state index is 14.3. The average Bonchev–Trinajstić information content (AvgIpc) is 2.30. The highest BCUT2D eigenvalue weighted by molar-refractivity contribution is 5.87. The highest BCUT2D eigenvalue weighted by Crippen LogP contribution is 2.54. The van der Waals surface area contributed by atoms with Crippen LogP contribution < -0.4 is 0 Å². The number of ether oxygens (including phenoxy) is 1. The summed E-state index contributed by atoms with van der Waals surface area (Å²) in [6.07, 6.45) is -14.4. The van der Waals surface area contributed by atoms with Gasteiger partial charge in [-0.05, 0) is 19.8 Å². The molecular formula is C13H16F8O2. The molecule has 0 amide bonds. The fraction of sp³-hybridized carbons (Fsp3) is 0.769. The van der Waals surface area contributed by atoms with Crippen molar-refractivity contribution < 1.29 is 44.7 Å². The van der Waals surface area contributed by atoms with E-state index in [4.69, 9.17) is 0 Å². The molecule has 0 bridgehead atoms. The van der Waals surface area contributed by atoms with E-state index in [1.54, 1.807) is 0 Å². The molecule has 0 saturated carbocycles. The van der Waals surface area contributed by atoms with E-state index in [0.717, 1.165) is 20.8 Å². The molecule has 0 aromatic rings. The predicted molar refractivity (Wildman–Crippen MR) is 64.8 cm³/mol. The van der Waals surface area contributed by atoms with Gasteiger partial charge in [-0.2, -0.15) is 26.3 Å². The van der Waals surface area contributed by atoms with Gasteiger partial charge in [-0.3, -0.25) is 0 Å². The third-order valence-corrected chi connectivity index (χ3v) is 3.40. The summed E-state index contributed by atoms with van der Waals surface area (Å²) in [5, 5.41) is 0. The summed E-state index contributed by atoms with van der Waals surface area (Å²) < 4.78 is 109. The lowest BCUT2D eigenvalue weighted by molar-refractivity contribution is -0.368. The maximum absolute atomic E-state index is 14.3. The largest absolute Gasteiger partial charge is 0.449 e. The standard InChI is InChI=1S/C13H16F8O2/c1-5-10(6-2,23-8(22)7(3)4)11(14,15)9(12(16,17)18)13(19,20)21/h9H,3,5-6H2,1-2,4H3. The quantitative estimate of drug-likeness (QED) is 0.379. The van der Waals surface area contributed by atoms with Gasteiger partial charge in [0.1, 0.15) is 0 Å². The van der Waals surface area contributed by atoms with Gasteiger partial charge in [0.25, 0.3) is 0 Å². The predicted octanol–water partition coefficient (Wildman–Crippen LogP) is 5.04. The minimum absolute atomic E-state index is 0.428. The maximum Gasteiger partial charge on any atom is 0.406 e. The average molecular weight is 356 g/mol. The lowest BCUT2D eigenvalue weighted by Crippen LogP contribution is -2.62. The topological polar surface area (TPSA) is 26.3 Å². The molecule has 0 aliphatic heterocycles. The van der Waals surface area contributed by atoms with Crippen LogP contribution in [0.4, 0.5) is 35.1 Å². The van der Waals surface area contributed by atoms with Crippen molar-refractivity contribution in [1.29, 1.82) is 0 Å². The molecule has 0 aliphatic rings. The van der Waals surface area contributed by atoms with Crippen molar-refractivity contribution in [3.05, 3.63) is 12.2 Å². The first kappa shape index (κ1) is 21.6. The summed E-state index contributed by atoms with van der Waals surface area (Å²) >= 11 is 0. The Bertz CT molecular complexity index is 432. The van der Waals surface area contributed by atoms with Crippen LogP contribution in [0.3, 0.4) is 0 Å². The van der Waals surface area contributed by atoms with Crippen molar-refractivity contribution in [2.75, 3.05) is 0 Å². The van der Waals surface area contributed by atoms with Crippen LogP contribution in [0.5, 0.6) is 0 Å². The van der Waals surface area contributed by atoms with Crippen LogP contribution in [0.25, 0.3) is 0 Å². The summed E-state index contributed by atoms with van der Waals surface area (Å²) in [5.74, 6) is -11.9. The van der Waals surface area contributed by atoms with Crippen molar-refractivity contribution >= 4 is 5.97 Å². The van der Waals surface area contributed by atoms with Crippen molar-refractivity contribution in [2.24, 2.45) is 5.92 Å². The van der Waals surface area contributed by atoms with E-state index < -0.39 is 54.2 Å². The van der Waals surface area contributed by atoms with Crippen LogP contribution >= 0.6 is 0 Å². The summed E-state index contributed by atoms with van der Waals surface area (Å²) in [6, 6.07) is 0. The Morgan fingerprint density at radius 2 is 1.30 bits per heavy atom. The van der Waals surface area contributed by atoms with Gasteiger partial charge in [-0.1, -0.05) is 20.4 Å². The van der Waals surface area contributed by atoms with Crippen LogP contribution in [-0.4, -0.2) is 29.8 Å². The number of hydrogen-bond donors (Lipinski definition) is 0. The lowest BCUT2D eigenvalue weighted by Gasteiger charge is -2.43. The first-order chi connectivity index (χ1) is 10.1. The van der Waals surface area contributed by atoms with Crippen LogP contribution in [-0.2, 0) is 9.53 Å². The number of hydrogen-bond acceptors (Lipinski definition) is 2.